The zero-order valence-electron chi connectivity index (χ0n) is 13.8. The van der Waals surface area contributed by atoms with E-state index >= 15 is 0 Å². The molecule has 0 spiro atoms. The topological polar surface area (TPSA) is 63.6 Å². The van der Waals surface area contributed by atoms with Crippen LogP contribution in [-0.2, 0) is 7.05 Å². The molecule has 0 bridgehead atoms. The molecular weight excluding hydrogens is 352 g/mol. The highest BCUT2D eigenvalue weighted by atomic mass is 32.2. The first-order chi connectivity index (χ1) is 12.1. The standard InChI is InChI=1S/C18H16N4OS2/c1-11-16(12-6-3-4-7-13(12)19-11)14(23)10-25-18-21-20-17(22(18)2)15-8-5-9-24-15/h3-9,19H,10H2,1-2H3. The second-order valence-corrected chi connectivity index (χ2v) is 7.62. The summed E-state index contributed by atoms with van der Waals surface area (Å²) in [4.78, 5) is 17.1. The Hall–Kier alpha value is -2.38. The summed E-state index contributed by atoms with van der Waals surface area (Å²) < 4.78 is 1.94. The highest BCUT2D eigenvalue weighted by Crippen LogP contribution is 2.28. The van der Waals surface area contributed by atoms with Crippen LogP contribution in [0.25, 0.3) is 21.6 Å². The number of nitrogens with one attached hydrogen (secondary N) is 1. The monoisotopic (exact) mass is 368 g/mol. The fourth-order valence-corrected chi connectivity index (χ4v) is 4.43. The van der Waals surface area contributed by atoms with E-state index in [0.717, 1.165) is 38.0 Å². The Labute approximate surface area is 153 Å². The maximum atomic E-state index is 12.8. The number of thioether (sulfide) groups is 1. The van der Waals surface area contributed by atoms with Gasteiger partial charge in [0, 0.05) is 29.2 Å². The van der Waals surface area contributed by atoms with Gasteiger partial charge in [-0.05, 0) is 24.4 Å². The number of para-hydroxylation sites is 1. The third-order valence-corrected chi connectivity index (χ3v) is 5.97. The second-order valence-electron chi connectivity index (χ2n) is 5.72. The first kappa shape index (κ1) is 16.1. The molecule has 5 nitrogen and oxygen atoms in total. The van der Waals surface area contributed by atoms with Crippen LogP contribution in [0.5, 0.6) is 0 Å². The smallest absolute Gasteiger partial charge is 0.191 e. The van der Waals surface area contributed by atoms with Crippen LogP contribution >= 0.6 is 23.1 Å². The summed E-state index contributed by atoms with van der Waals surface area (Å²) in [6.45, 7) is 1.94. The molecule has 4 rings (SSSR count). The number of aromatic amines is 1. The molecule has 0 saturated heterocycles. The first-order valence-corrected chi connectivity index (χ1v) is 9.68. The number of aromatic nitrogens is 4. The van der Waals surface area contributed by atoms with Gasteiger partial charge < -0.3 is 9.55 Å². The van der Waals surface area contributed by atoms with Gasteiger partial charge in [0.2, 0.25) is 0 Å². The van der Waals surface area contributed by atoms with Crippen molar-refractivity contribution >= 4 is 39.8 Å². The Morgan fingerprint density at radius 3 is 2.88 bits per heavy atom. The number of nitrogens with zero attached hydrogens (tertiary/aromatic N) is 3. The first-order valence-electron chi connectivity index (χ1n) is 7.81. The Balaban J connectivity index is 1.55. The Morgan fingerprint density at radius 1 is 1.24 bits per heavy atom. The lowest BCUT2D eigenvalue weighted by Gasteiger charge is -2.03. The van der Waals surface area contributed by atoms with Gasteiger partial charge in [-0.3, -0.25) is 4.79 Å². The van der Waals surface area contributed by atoms with Crippen molar-refractivity contribution < 1.29 is 4.79 Å². The van der Waals surface area contributed by atoms with Crippen LogP contribution in [0.3, 0.4) is 0 Å². The van der Waals surface area contributed by atoms with Gasteiger partial charge >= 0.3 is 0 Å². The second kappa shape index (κ2) is 6.50. The predicted octanol–water partition coefficient (Wildman–Crippen LogP) is 4.31. The van der Waals surface area contributed by atoms with E-state index in [1.165, 1.54) is 11.8 Å². The minimum Gasteiger partial charge on any atom is -0.358 e. The normalized spacial score (nSPS) is 11.3. The number of rotatable bonds is 5. The average Bonchev–Trinajstić information content (AvgIpc) is 3.31. The van der Waals surface area contributed by atoms with Crippen molar-refractivity contribution in [2.45, 2.75) is 12.1 Å². The van der Waals surface area contributed by atoms with E-state index < -0.39 is 0 Å². The van der Waals surface area contributed by atoms with Crippen LogP contribution in [-0.4, -0.2) is 31.3 Å². The molecular formula is C18H16N4OS2. The number of carbonyl (C=O) groups excluding carboxylic acids is 1. The van der Waals surface area contributed by atoms with Crippen molar-refractivity contribution in [1.82, 2.24) is 19.7 Å². The van der Waals surface area contributed by atoms with Crippen LogP contribution in [0.4, 0.5) is 0 Å². The maximum Gasteiger partial charge on any atom is 0.191 e. The molecule has 0 aliphatic rings. The average molecular weight is 368 g/mol. The number of H-pyrrole nitrogens is 1. The molecule has 7 heteroatoms. The van der Waals surface area contributed by atoms with Gasteiger partial charge in [0.15, 0.2) is 16.8 Å². The molecule has 126 valence electrons. The molecule has 0 unspecified atom stereocenters. The third-order valence-electron chi connectivity index (χ3n) is 4.08. The number of carbonyl (C=O) groups is 1. The minimum absolute atomic E-state index is 0.0978. The van der Waals surface area contributed by atoms with Gasteiger partial charge in [0.25, 0.3) is 0 Å². The lowest BCUT2D eigenvalue weighted by atomic mass is 10.1. The van der Waals surface area contributed by atoms with Gasteiger partial charge in [-0.25, -0.2) is 0 Å². The summed E-state index contributed by atoms with van der Waals surface area (Å²) in [6.07, 6.45) is 0. The van der Waals surface area contributed by atoms with Gasteiger partial charge in [0.05, 0.1) is 10.6 Å². The molecule has 0 aliphatic heterocycles. The van der Waals surface area contributed by atoms with Gasteiger partial charge in [-0.1, -0.05) is 36.0 Å². The molecule has 0 amide bonds. The highest BCUT2D eigenvalue weighted by molar-refractivity contribution is 7.99. The predicted molar refractivity (Wildman–Crippen MR) is 102 cm³/mol. The number of fused-ring (bicyclic) bond motifs is 1. The minimum atomic E-state index is 0.0978. The molecule has 3 heterocycles. The number of thiophene rings is 1. The summed E-state index contributed by atoms with van der Waals surface area (Å²) in [5.74, 6) is 1.26. The molecule has 1 N–H and O–H groups in total. The van der Waals surface area contributed by atoms with Gasteiger partial charge in [-0.2, -0.15) is 0 Å². The van der Waals surface area contributed by atoms with Crippen LogP contribution in [0, 0.1) is 6.92 Å². The van der Waals surface area contributed by atoms with Crippen molar-refractivity contribution in [2.24, 2.45) is 7.05 Å². The number of aryl methyl sites for hydroxylation is 1. The number of hydrogen-bond acceptors (Lipinski definition) is 5. The maximum absolute atomic E-state index is 12.8. The quantitative estimate of drug-likeness (QED) is 0.421. The molecule has 0 saturated carbocycles. The van der Waals surface area contributed by atoms with E-state index in [-0.39, 0.29) is 5.78 Å². The number of hydrogen-bond donors (Lipinski definition) is 1. The van der Waals surface area contributed by atoms with E-state index in [4.69, 9.17) is 0 Å². The SMILES string of the molecule is Cc1[nH]c2ccccc2c1C(=O)CSc1nnc(-c2cccs2)n1C. The van der Waals surface area contributed by atoms with Crippen molar-refractivity contribution in [1.29, 1.82) is 0 Å². The van der Waals surface area contributed by atoms with Crippen molar-refractivity contribution in [3.63, 3.8) is 0 Å². The molecule has 3 aromatic heterocycles. The summed E-state index contributed by atoms with van der Waals surface area (Å²) in [7, 11) is 1.93. The number of benzene rings is 1. The van der Waals surface area contributed by atoms with Crippen molar-refractivity contribution in [3.05, 3.63) is 53.0 Å². The highest BCUT2D eigenvalue weighted by Gasteiger charge is 2.18. The van der Waals surface area contributed by atoms with Crippen LogP contribution < -0.4 is 0 Å². The Bertz CT molecular complexity index is 1050. The fraction of sp³-hybridized carbons (Fsp3) is 0.167. The summed E-state index contributed by atoms with van der Waals surface area (Å²) in [6, 6.07) is 11.9. The molecule has 0 fully saturated rings. The van der Waals surface area contributed by atoms with E-state index in [9.17, 15) is 4.79 Å². The van der Waals surface area contributed by atoms with Crippen molar-refractivity contribution in [2.75, 3.05) is 5.75 Å². The fourth-order valence-electron chi connectivity index (χ4n) is 2.90. The molecule has 25 heavy (non-hydrogen) atoms. The summed E-state index contributed by atoms with van der Waals surface area (Å²) in [5, 5.41) is 12.2. The Morgan fingerprint density at radius 2 is 2.08 bits per heavy atom. The lowest BCUT2D eigenvalue weighted by Crippen LogP contribution is -2.05. The van der Waals surface area contributed by atoms with Crippen molar-refractivity contribution in [3.8, 4) is 10.7 Å². The number of Topliss-reactive ketones (excluding diaryl/α,β-unsaturated/α-hetero) is 1. The molecule has 4 aromatic rings. The van der Waals surface area contributed by atoms with E-state index in [2.05, 4.69) is 15.2 Å². The van der Waals surface area contributed by atoms with E-state index in [1.54, 1.807) is 11.3 Å². The van der Waals surface area contributed by atoms with Crippen LogP contribution in [0.2, 0.25) is 0 Å². The zero-order chi connectivity index (χ0) is 17.4. The third kappa shape index (κ3) is 2.89. The molecule has 0 aliphatic carbocycles. The van der Waals surface area contributed by atoms with E-state index in [0.29, 0.717) is 5.75 Å². The largest absolute Gasteiger partial charge is 0.358 e. The molecule has 0 radical (unpaired) electrons. The summed E-state index contributed by atoms with van der Waals surface area (Å²) >= 11 is 3.04. The van der Waals surface area contributed by atoms with Gasteiger partial charge in [-0.15, -0.1) is 21.5 Å². The molecule has 0 atom stereocenters. The van der Waals surface area contributed by atoms with Gasteiger partial charge in [0.1, 0.15) is 0 Å². The summed E-state index contributed by atoms with van der Waals surface area (Å²) in [5.41, 5.74) is 2.67. The molecule has 1 aromatic carbocycles. The van der Waals surface area contributed by atoms with Crippen LogP contribution in [0.1, 0.15) is 16.1 Å². The number of ketones is 1. The van der Waals surface area contributed by atoms with E-state index in [1.807, 2.05) is 60.3 Å². The lowest BCUT2D eigenvalue weighted by molar-refractivity contribution is 0.102. The van der Waals surface area contributed by atoms with Crippen LogP contribution in [0.15, 0.2) is 46.9 Å². The zero-order valence-corrected chi connectivity index (χ0v) is 15.4. The Kier molecular flexibility index (Phi) is 4.19.